The number of carbonyl (C=O) groups is 1. The van der Waals surface area contributed by atoms with Crippen molar-refractivity contribution in [2.45, 2.75) is 25.3 Å². The van der Waals surface area contributed by atoms with Crippen LogP contribution in [0.2, 0.25) is 0 Å². The highest BCUT2D eigenvalue weighted by Gasteiger charge is 2.28. The minimum absolute atomic E-state index is 0.0493. The molecule has 2 aliphatic rings. The number of benzene rings is 1. The smallest absolute Gasteiger partial charge is 0.234 e. The van der Waals surface area contributed by atoms with Crippen molar-refractivity contribution in [3.63, 3.8) is 0 Å². The van der Waals surface area contributed by atoms with Crippen LogP contribution in [0.4, 0.5) is 0 Å². The Bertz CT molecular complexity index is 564. The van der Waals surface area contributed by atoms with Crippen molar-refractivity contribution in [3.05, 3.63) is 23.8 Å². The predicted molar refractivity (Wildman–Crippen MR) is 90.5 cm³/mol. The minimum Gasteiger partial charge on any atom is -0.490 e. The van der Waals surface area contributed by atoms with Crippen molar-refractivity contribution in [1.82, 2.24) is 10.2 Å². The number of methoxy groups -OCH3 is 1. The molecule has 1 amide bonds. The van der Waals surface area contributed by atoms with E-state index in [4.69, 9.17) is 14.2 Å². The molecule has 2 aliphatic heterocycles. The maximum absolute atomic E-state index is 12.1. The monoisotopic (exact) mass is 334 g/mol. The third kappa shape index (κ3) is 4.19. The van der Waals surface area contributed by atoms with Gasteiger partial charge in [0, 0.05) is 26.1 Å². The van der Waals surface area contributed by atoms with Gasteiger partial charge in [-0.3, -0.25) is 9.69 Å². The Morgan fingerprint density at radius 2 is 2.12 bits per heavy atom. The second-order valence-electron chi connectivity index (χ2n) is 6.23. The fourth-order valence-corrected chi connectivity index (χ4v) is 3.31. The summed E-state index contributed by atoms with van der Waals surface area (Å²) in [5.74, 6) is 1.69. The molecule has 0 spiro atoms. The van der Waals surface area contributed by atoms with Crippen LogP contribution in [0.1, 0.15) is 30.9 Å². The number of nitrogens with one attached hydrogen (secondary N) is 1. The van der Waals surface area contributed by atoms with Crippen LogP contribution in [0.25, 0.3) is 0 Å². The van der Waals surface area contributed by atoms with E-state index in [0.29, 0.717) is 32.9 Å². The van der Waals surface area contributed by atoms with Crippen LogP contribution in [-0.4, -0.2) is 57.4 Å². The quantitative estimate of drug-likeness (QED) is 0.803. The lowest BCUT2D eigenvalue weighted by Gasteiger charge is -2.25. The average Bonchev–Trinajstić information content (AvgIpc) is 2.90. The van der Waals surface area contributed by atoms with Gasteiger partial charge in [0.1, 0.15) is 0 Å². The summed E-state index contributed by atoms with van der Waals surface area (Å²) in [6.45, 7) is 3.84. The molecule has 0 unspecified atom stereocenters. The molecular formula is C18H26N2O4. The lowest BCUT2D eigenvalue weighted by molar-refractivity contribution is -0.122. The molecule has 6 heteroatoms. The number of hydrogen-bond acceptors (Lipinski definition) is 5. The van der Waals surface area contributed by atoms with Crippen LogP contribution in [0.15, 0.2) is 18.2 Å². The van der Waals surface area contributed by atoms with Crippen LogP contribution in [0.5, 0.6) is 11.5 Å². The first kappa shape index (κ1) is 17.0. The number of fused-ring (bicyclic) bond motifs is 1. The fraction of sp³-hybridized carbons (Fsp3) is 0.611. The van der Waals surface area contributed by atoms with E-state index in [1.807, 2.05) is 6.07 Å². The number of ether oxygens (including phenoxy) is 3. The number of hydrogen-bond donors (Lipinski definition) is 1. The topological polar surface area (TPSA) is 60.0 Å². The van der Waals surface area contributed by atoms with Crippen LogP contribution < -0.4 is 14.8 Å². The summed E-state index contributed by atoms with van der Waals surface area (Å²) in [7, 11) is 1.63. The lowest BCUT2D eigenvalue weighted by atomic mass is 10.0. The summed E-state index contributed by atoms with van der Waals surface area (Å²) in [5, 5.41) is 2.89. The number of rotatable bonds is 6. The number of amides is 1. The second kappa shape index (κ2) is 8.35. The summed E-state index contributed by atoms with van der Waals surface area (Å²) >= 11 is 0. The van der Waals surface area contributed by atoms with Crippen molar-refractivity contribution >= 4 is 5.91 Å². The van der Waals surface area contributed by atoms with Crippen molar-refractivity contribution in [2.24, 2.45) is 0 Å². The van der Waals surface area contributed by atoms with Crippen LogP contribution in [0, 0.1) is 0 Å². The van der Waals surface area contributed by atoms with Gasteiger partial charge in [0.15, 0.2) is 11.5 Å². The second-order valence-corrected chi connectivity index (χ2v) is 6.23. The molecule has 0 radical (unpaired) electrons. The Morgan fingerprint density at radius 3 is 2.96 bits per heavy atom. The zero-order chi connectivity index (χ0) is 16.8. The van der Waals surface area contributed by atoms with Crippen molar-refractivity contribution in [2.75, 3.05) is 46.6 Å². The SMILES string of the molecule is COCCNC(=O)CN1CCC[C@H]1c1ccc2c(c1)OCCCO2. The van der Waals surface area contributed by atoms with Crippen LogP contribution >= 0.6 is 0 Å². The molecule has 0 aliphatic carbocycles. The van der Waals surface area contributed by atoms with Gasteiger partial charge in [-0.15, -0.1) is 0 Å². The normalized spacial score (nSPS) is 20.6. The van der Waals surface area contributed by atoms with Gasteiger partial charge in [0.2, 0.25) is 5.91 Å². The molecule has 0 aromatic heterocycles. The van der Waals surface area contributed by atoms with Gasteiger partial charge in [-0.1, -0.05) is 6.07 Å². The number of carbonyl (C=O) groups excluding carboxylic acids is 1. The largest absolute Gasteiger partial charge is 0.490 e. The van der Waals surface area contributed by atoms with Gasteiger partial charge < -0.3 is 19.5 Å². The van der Waals surface area contributed by atoms with Crippen LogP contribution in [-0.2, 0) is 9.53 Å². The van der Waals surface area contributed by atoms with E-state index in [1.54, 1.807) is 7.11 Å². The third-order valence-corrected chi connectivity index (χ3v) is 4.50. The Kier molecular flexibility index (Phi) is 5.93. The first-order valence-corrected chi connectivity index (χ1v) is 8.67. The minimum atomic E-state index is 0.0493. The van der Waals surface area contributed by atoms with Gasteiger partial charge in [-0.25, -0.2) is 0 Å². The molecule has 3 rings (SSSR count). The maximum atomic E-state index is 12.1. The summed E-state index contributed by atoms with van der Waals surface area (Å²) in [6.07, 6.45) is 3.07. The summed E-state index contributed by atoms with van der Waals surface area (Å²) < 4.78 is 16.5. The first-order chi connectivity index (χ1) is 11.8. The molecule has 0 bridgehead atoms. The maximum Gasteiger partial charge on any atom is 0.234 e. The highest BCUT2D eigenvalue weighted by atomic mass is 16.5. The fourth-order valence-electron chi connectivity index (χ4n) is 3.31. The van der Waals surface area contributed by atoms with E-state index >= 15 is 0 Å². The molecule has 24 heavy (non-hydrogen) atoms. The Labute approximate surface area is 143 Å². The standard InChI is InChI=1S/C18H26N2O4/c1-22-11-7-19-18(21)13-20-8-2-4-15(20)14-5-6-16-17(12-14)24-10-3-9-23-16/h5-6,12,15H,2-4,7-11,13H2,1H3,(H,19,21)/t15-/m0/s1. The zero-order valence-corrected chi connectivity index (χ0v) is 14.3. The molecule has 6 nitrogen and oxygen atoms in total. The molecule has 1 aromatic carbocycles. The molecule has 1 fully saturated rings. The molecule has 1 N–H and O–H groups in total. The van der Waals surface area contributed by atoms with E-state index < -0.39 is 0 Å². The summed E-state index contributed by atoms with van der Waals surface area (Å²) in [6, 6.07) is 6.42. The third-order valence-electron chi connectivity index (χ3n) is 4.50. The molecule has 132 valence electrons. The highest BCUT2D eigenvalue weighted by molar-refractivity contribution is 5.78. The van der Waals surface area contributed by atoms with Crippen molar-refractivity contribution in [3.8, 4) is 11.5 Å². The van der Waals surface area contributed by atoms with E-state index in [2.05, 4.69) is 22.3 Å². The predicted octanol–water partition coefficient (Wildman–Crippen LogP) is 1.75. The van der Waals surface area contributed by atoms with E-state index in [1.165, 1.54) is 5.56 Å². The van der Waals surface area contributed by atoms with E-state index in [0.717, 1.165) is 37.3 Å². The Balaban J connectivity index is 1.64. The van der Waals surface area contributed by atoms with Gasteiger partial charge in [-0.2, -0.15) is 0 Å². The highest BCUT2D eigenvalue weighted by Crippen LogP contribution is 2.37. The molecule has 1 aromatic rings. The van der Waals surface area contributed by atoms with Gasteiger partial charge >= 0.3 is 0 Å². The summed E-state index contributed by atoms with van der Waals surface area (Å²) in [4.78, 5) is 14.3. The molecule has 1 atom stereocenters. The summed E-state index contributed by atoms with van der Waals surface area (Å²) in [5.41, 5.74) is 1.20. The van der Waals surface area contributed by atoms with Crippen molar-refractivity contribution < 1.29 is 19.0 Å². The first-order valence-electron chi connectivity index (χ1n) is 8.67. The number of nitrogens with zero attached hydrogens (tertiary/aromatic N) is 1. The Hall–Kier alpha value is -1.79. The zero-order valence-electron chi connectivity index (χ0n) is 14.3. The van der Waals surface area contributed by atoms with Gasteiger partial charge in [-0.05, 0) is 37.1 Å². The number of likely N-dealkylation sites (tertiary alicyclic amines) is 1. The van der Waals surface area contributed by atoms with E-state index in [-0.39, 0.29) is 11.9 Å². The van der Waals surface area contributed by atoms with Crippen molar-refractivity contribution in [1.29, 1.82) is 0 Å². The van der Waals surface area contributed by atoms with Crippen LogP contribution in [0.3, 0.4) is 0 Å². The molecule has 2 heterocycles. The average molecular weight is 334 g/mol. The van der Waals surface area contributed by atoms with E-state index in [9.17, 15) is 4.79 Å². The lowest BCUT2D eigenvalue weighted by Crippen LogP contribution is -2.38. The van der Waals surface area contributed by atoms with Gasteiger partial charge in [0.25, 0.3) is 0 Å². The molecule has 0 saturated carbocycles. The molecule has 1 saturated heterocycles. The van der Waals surface area contributed by atoms with Gasteiger partial charge in [0.05, 0.1) is 26.4 Å². The Morgan fingerprint density at radius 1 is 1.29 bits per heavy atom. The molecular weight excluding hydrogens is 308 g/mol.